The molecule has 1 aliphatic carbocycles. The van der Waals surface area contributed by atoms with Crippen LogP contribution in [0.15, 0.2) is 23.8 Å². The first-order valence-corrected chi connectivity index (χ1v) is 5.25. The number of esters is 1. The molecular formula is C12H18O6. The maximum absolute atomic E-state index is 11.8. The Morgan fingerprint density at radius 3 is 1.89 bits per heavy atom. The van der Waals surface area contributed by atoms with Crippen molar-refractivity contribution in [2.75, 3.05) is 35.5 Å². The van der Waals surface area contributed by atoms with Gasteiger partial charge in [0.1, 0.15) is 5.57 Å². The molecule has 0 fully saturated rings. The van der Waals surface area contributed by atoms with Crippen LogP contribution in [0.1, 0.15) is 0 Å². The number of carbonyl (C=O) groups is 1. The smallest absolute Gasteiger partial charge is 0.339 e. The fraction of sp³-hybridized carbons (Fsp3) is 0.583. The van der Waals surface area contributed by atoms with Crippen LogP contribution in [-0.2, 0) is 28.5 Å². The zero-order valence-corrected chi connectivity index (χ0v) is 11.2. The quantitative estimate of drug-likeness (QED) is 0.409. The Morgan fingerprint density at radius 1 is 0.944 bits per heavy atom. The molecule has 18 heavy (non-hydrogen) atoms. The normalized spacial score (nSPS) is 20.4. The van der Waals surface area contributed by atoms with Crippen LogP contribution in [0, 0.1) is 0 Å². The third-order valence-corrected chi connectivity index (χ3v) is 2.91. The molecule has 0 spiro atoms. The van der Waals surface area contributed by atoms with E-state index in [9.17, 15) is 4.79 Å². The van der Waals surface area contributed by atoms with Gasteiger partial charge in [-0.25, -0.2) is 4.79 Å². The molecule has 0 saturated heterocycles. The summed E-state index contributed by atoms with van der Waals surface area (Å²) in [7, 11) is 7.06. The van der Waals surface area contributed by atoms with Crippen molar-refractivity contribution in [3.8, 4) is 0 Å². The van der Waals surface area contributed by atoms with Crippen LogP contribution in [-0.4, -0.2) is 53.1 Å². The lowest BCUT2D eigenvalue weighted by atomic mass is 9.95. The van der Waals surface area contributed by atoms with Gasteiger partial charge in [0.15, 0.2) is 0 Å². The Balaban J connectivity index is 3.30. The third-order valence-electron chi connectivity index (χ3n) is 2.91. The van der Waals surface area contributed by atoms with Crippen molar-refractivity contribution in [3.63, 3.8) is 0 Å². The number of rotatable bonds is 5. The van der Waals surface area contributed by atoms with E-state index in [4.69, 9.17) is 23.7 Å². The van der Waals surface area contributed by atoms with Crippen LogP contribution >= 0.6 is 0 Å². The van der Waals surface area contributed by atoms with Gasteiger partial charge in [-0.05, 0) is 18.2 Å². The minimum atomic E-state index is -1.30. The molecule has 0 amide bonds. The molecule has 0 atom stereocenters. The summed E-state index contributed by atoms with van der Waals surface area (Å²) in [6, 6.07) is 0. The van der Waals surface area contributed by atoms with Gasteiger partial charge in [-0.1, -0.05) is 0 Å². The summed E-state index contributed by atoms with van der Waals surface area (Å²) in [5.74, 6) is -3.01. The van der Waals surface area contributed by atoms with Gasteiger partial charge in [0, 0.05) is 28.4 Å². The highest BCUT2D eigenvalue weighted by Gasteiger charge is 2.44. The minimum absolute atomic E-state index is 0.154. The molecule has 0 radical (unpaired) electrons. The van der Waals surface area contributed by atoms with Gasteiger partial charge in [-0.3, -0.25) is 0 Å². The lowest BCUT2D eigenvalue weighted by Crippen LogP contribution is -2.44. The summed E-state index contributed by atoms with van der Waals surface area (Å²) < 4.78 is 25.7. The van der Waals surface area contributed by atoms with Gasteiger partial charge in [0.05, 0.1) is 7.11 Å². The molecule has 0 aromatic rings. The number of hydrogen-bond acceptors (Lipinski definition) is 6. The summed E-state index contributed by atoms with van der Waals surface area (Å²) >= 11 is 0. The Labute approximate surface area is 106 Å². The van der Waals surface area contributed by atoms with E-state index in [1.807, 2.05) is 0 Å². The molecule has 6 nitrogen and oxygen atoms in total. The molecule has 0 aromatic heterocycles. The second kappa shape index (κ2) is 5.62. The van der Waals surface area contributed by atoms with Crippen LogP contribution in [0.25, 0.3) is 0 Å². The average molecular weight is 258 g/mol. The van der Waals surface area contributed by atoms with Crippen molar-refractivity contribution in [3.05, 3.63) is 23.8 Å². The summed E-state index contributed by atoms with van der Waals surface area (Å²) in [4.78, 5) is 11.8. The van der Waals surface area contributed by atoms with Gasteiger partial charge in [0.2, 0.25) is 11.6 Å². The summed E-state index contributed by atoms with van der Waals surface area (Å²) in [6.07, 6.45) is 4.62. The Morgan fingerprint density at radius 2 is 1.50 bits per heavy atom. The fourth-order valence-electron chi connectivity index (χ4n) is 1.75. The molecule has 0 aromatic carbocycles. The van der Waals surface area contributed by atoms with Gasteiger partial charge in [0.25, 0.3) is 0 Å². The van der Waals surface area contributed by atoms with E-state index in [0.29, 0.717) is 0 Å². The van der Waals surface area contributed by atoms with E-state index < -0.39 is 17.5 Å². The van der Waals surface area contributed by atoms with Crippen molar-refractivity contribution in [2.24, 2.45) is 0 Å². The molecule has 0 saturated carbocycles. The predicted molar refractivity (Wildman–Crippen MR) is 62.7 cm³/mol. The van der Waals surface area contributed by atoms with Crippen molar-refractivity contribution in [1.82, 2.24) is 0 Å². The predicted octanol–water partition coefficient (Wildman–Crippen LogP) is 0.634. The second-order valence-corrected chi connectivity index (χ2v) is 3.59. The first-order valence-electron chi connectivity index (χ1n) is 5.25. The average Bonchev–Trinajstić information content (AvgIpc) is 2.45. The lowest BCUT2D eigenvalue weighted by molar-refractivity contribution is -0.176. The second-order valence-electron chi connectivity index (χ2n) is 3.59. The number of methoxy groups -OCH3 is 5. The third kappa shape index (κ3) is 2.32. The summed E-state index contributed by atoms with van der Waals surface area (Å²) in [6.45, 7) is 0. The number of hydrogen-bond donors (Lipinski definition) is 0. The van der Waals surface area contributed by atoms with Gasteiger partial charge in [-0.15, -0.1) is 0 Å². The monoisotopic (exact) mass is 258 g/mol. The van der Waals surface area contributed by atoms with E-state index in [1.165, 1.54) is 41.6 Å². The van der Waals surface area contributed by atoms with Gasteiger partial charge < -0.3 is 23.7 Å². The SMILES string of the molecule is COC(=O)C1=CC(OC)(OC)C=CC1(OC)OC. The zero-order valence-electron chi connectivity index (χ0n) is 11.2. The van der Waals surface area contributed by atoms with Crippen molar-refractivity contribution in [2.45, 2.75) is 11.6 Å². The first kappa shape index (κ1) is 14.8. The highest BCUT2D eigenvalue weighted by atomic mass is 16.7. The lowest BCUT2D eigenvalue weighted by Gasteiger charge is -2.36. The summed E-state index contributed by atoms with van der Waals surface area (Å²) in [5, 5.41) is 0. The molecular weight excluding hydrogens is 240 g/mol. The topological polar surface area (TPSA) is 63.2 Å². The van der Waals surface area contributed by atoms with Gasteiger partial charge >= 0.3 is 5.97 Å². The molecule has 1 aliphatic rings. The van der Waals surface area contributed by atoms with Crippen molar-refractivity contribution in [1.29, 1.82) is 0 Å². The van der Waals surface area contributed by atoms with Crippen molar-refractivity contribution < 1.29 is 28.5 Å². The molecule has 6 heteroatoms. The highest BCUT2D eigenvalue weighted by Crippen LogP contribution is 2.34. The van der Waals surface area contributed by atoms with E-state index in [0.717, 1.165) is 0 Å². The minimum Gasteiger partial charge on any atom is -0.466 e. The highest BCUT2D eigenvalue weighted by molar-refractivity contribution is 5.91. The number of ether oxygens (including phenoxy) is 5. The van der Waals surface area contributed by atoms with Crippen LogP contribution in [0.2, 0.25) is 0 Å². The molecule has 0 unspecified atom stereocenters. The number of carbonyl (C=O) groups excluding carboxylic acids is 1. The standard InChI is InChI=1S/C12H18O6/c1-14-10(13)9-8-11(15-2,16-3)6-7-12(9,17-4)18-5/h6-8H,1-5H3. The maximum Gasteiger partial charge on any atom is 0.339 e. The van der Waals surface area contributed by atoms with E-state index >= 15 is 0 Å². The van der Waals surface area contributed by atoms with Crippen LogP contribution < -0.4 is 0 Å². The maximum atomic E-state index is 11.8. The van der Waals surface area contributed by atoms with E-state index in [1.54, 1.807) is 12.2 Å². The summed E-state index contributed by atoms with van der Waals surface area (Å²) in [5.41, 5.74) is 0.154. The Hall–Kier alpha value is -1.21. The van der Waals surface area contributed by atoms with Gasteiger partial charge in [-0.2, -0.15) is 0 Å². The van der Waals surface area contributed by atoms with E-state index in [2.05, 4.69) is 0 Å². The molecule has 0 aliphatic heterocycles. The van der Waals surface area contributed by atoms with Crippen molar-refractivity contribution >= 4 is 5.97 Å². The Kier molecular flexibility index (Phi) is 4.64. The Bertz CT molecular complexity index is 363. The van der Waals surface area contributed by atoms with E-state index in [-0.39, 0.29) is 5.57 Å². The van der Waals surface area contributed by atoms with Crippen LogP contribution in [0.4, 0.5) is 0 Å². The molecule has 102 valence electrons. The largest absolute Gasteiger partial charge is 0.466 e. The molecule has 0 bridgehead atoms. The molecule has 0 heterocycles. The zero-order chi connectivity index (χ0) is 13.8. The first-order chi connectivity index (χ1) is 8.53. The van der Waals surface area contributed by atoms with Crippen LogP contribution in [0.3, 0.4) is 0 Å². The fourth-order valence-corrected chi connectivity index (χ4v) is 1.75. The van der Waals surface area contributed by atoms with Crippen LogP contribution in [0.5, 0.6) is 0 Å². The molecule has 0 N–H and O–H groups in total. The molecule has 1 rings (SSSR count).